The van der Waals surface area contributed by atoms with Gasteiger partial charge in [0.2, 0.25) is 5.82 Å². The number of fused-ring (bicyclic) bond motifs is 1. The number of aromatic nitrogens is 4. The lowest BCUT2D eigenvalue weighted by Crippen LogP contribution is -2.16. The summed E-state index contributed by atoms with van der Waals surface area (Å²) in [5.74, 6) is -0.0478. The first-order valence-corrected chi connectivity index (χ1v) is 9.34. The van der Waals surface area contributed by atoms with Crippen molar-refractivity contribution in [1.29, 1.82) is 0 Å². The van der Waals surface area contributed by atoms with Gasteiger partial charge < -0.3 is 13.8 Å². The number of hydrogen-bond acceptors (Lipinski definition) is 8. The van der Waals surface area contributed by atoms with E-state index in [1.807, 2.05) is 0 Å². The molecule has 4 rings (SSSR count). The summed E-state index contributed by atoms with van der Waals surface area (Å²) >= 11 is 6.98. The van der Waals surface area contributed by atoms with E-state index in [0.717, 1.165) is 16.9 Å². The van der Waals surface area contributed by atoms with Crippen molar-refractivity contribution in [2.75, 3.05) is 0 Å². The van der Waals surface area contributed by atoms with Gasteiger partial charge in [-0.25, -0.2) is 9.78 Å². The zero-order valence-electron chi connectivity index (χ0n) is 14.8. The molecule has 28 heavy (non-hydrogen) atoms. The highest BCUT2D eigenvalue weighted by atomic mass is 35.5. The van der Waals surface area contributed by atoms with E-state index in [2.05, 4.69) is 15.1 Å². The molecule has 0 aliphatic heterocycles. The molecule has 3 heterocycles. The van der Waals surface area contributed by atoms with Crippen LogP contribution in [0, 0.1) is 6.92 Å². The lowest BCUT2D eigenvalue weighted by Gasteiger charge is -2.00. The van der Waals surface area contributed by atoms with Gasteiger partial charge in [-0.2, -0.15) is 4.98 Å². The fourth-order valence-corrected chi connectivity index (χ4v) is 3.79. The van der Waals surface area contributed by atoms with Gasteiger partial charge in [0, 0.05) is 17.6 Å². The predicted molar refractivity (Wildman–Crippen MR) is 103 cm³/mol. The number of halogens is 1. The number of rotatable bonds is 4. The Balaban J connectivity index is 1.52. The Kier molecular flexibility index (Phi) is 4.70. The molecule has 0 saturated carbocycles. The minimum absolute atomic E-state index is 0.158. The van der Waals surface area contributed by atoms with E-state index >= 15 is 0 Å². The molecule has 0 bridgehead atoms. The number of aryl methyl sites for hydroxylation is 2. The summed E-state index contributed by atoms with van der Waals surface area (Å²) in [5.41, 5.74) is 1.07. The van der Waals surface area contributed by atoms with Crippen molar-refractivity contribution >= 4 is 39.1 Å². The van der Waals surface area contributed by atoms with Crippen LogP contribution >= 0.6 is 22.9 Å². The maximum atomic E-state index is 12.5. The van der Waals surface area contributed by atoms with Crippen molar-refractivity contribution in [1.82, 2.24) is 19.7 Å². The molecular weight excluding hydrogens is 404 g/mol. The third-order valence-corrected chi connectivity index (χ3v) is 5.53. The molecule has 0 N–H and O–H groups in total. The van der Waals surface area contributed by atoms with Crippen LogP contribution in [-0.4, -0.2) is 25.7 Å². The first-order valence-electron chi connectivity index (χ1n) is 8.14. The van der Waals surface area contributed by atoms with Crippen LogP contribution in [0.25, 0.3) is 21.6 Å². The van der Waals surface area contributed by atoms with Crippen molar-refractivity contribution in [2.24, 2.45) is 7.05 Å². The van der Waals surface area contributed by atoms with E-state index in [9.17, 15) is 9.59 Å². The van der Waals surface area contributed by atoms with Crippen LogP contribution in [0.2, 0.25) is 5.02 Å². The Morgan fingerprint density at radius 2 is 2.07 bits per heavy atom. The Morgan fingerprint density at radius 3 is 2.82 bits per heavy atom. The molecule has 0 spiro atoms. The van der Waals surface area contributed by atoms with Gasteiger partial charge in [0.15, 0.2) is 6.61 Å². The topological polar surface area (TPSA) is 100 Å². The summed E-state index contributed by atoms with van der Waals surface area (Å²) in [7, 11) is 1.61. The van der Waals surface area contributed by atoms with Crippen molar-refractivity contribution in [2.45, 2.75) is 13.5 Å². The lowest BCUT2D eigenvalue weighted by molar-refractivity contribution is 0.0435. The second kappa shape index (κ2) is 7.17. The van der Waals surface area contributed by atoms with E-state index in [1.54, 1.807) is 38.2 Å². The van der Waals surface area contributed by atoms with Gasteiger partial charge in [-0.1, -0.05) is 16.8 Å². The zero-order valence-corrected chi connectivity index (χ0v) is 16.4. The van der Waals surface area contributed by atoms with E-state index in [-0.39, 0.29) is 18.1 Å². The number of carbonyl (C=O) groups is 1. The first-order chi connectivity index (χ1) is 13.4. The number of benzene rings is 1. The monoisotopic (exact) mass is 416 g/mol. The second-order valence-corrected chi connectivity index (χ2v) is 7.43. The fourth-order valence-electron chi connectivity index (χ4n) is 2.63. The van der Waals surface area contributed by atoms with E-state index in [4.69, 9.17) is 20.9 Å². The predicted octanol–water partition coefficient (Wildman–Crippen LogP) is 3.36. The van der Waals surface area contributed by atoms with Crippen LogP contribution in [0.4, 0.5) is 0 Å². The normalized spacial score (nSPS) is 11.1. The van der Waals surface area contributed by atoms with Gasteiger partial charge in [-0.05, 0) is 36.8 Å². The Hall–Kier alpha value is -3.04. The van der Waals surface area contributed by atoms with Crippen LogP contribution in [0.1, 0.15) is 21.1 Å². The van der Waals surface area contributed by atoms with E-state index in [0.29, 0.717) is 31.5 Å². The Labute approximate surface area is 167 Å². The van der Waals surface area contributed by atoms with Crippen molar-refractivity contribution in [3.8, 4) is 11.4 Å². The van der Waals surface area contributed by atoms with Crippen LogP contribution < -0.4 is 5.56 Å². The van der Waals surface area contributed by atoms with E-state index < -0.39 is 5.97 Å². The number of hydrogen-bond donors (Lipinski definition) is 0. The van der Waals surface area contributed by atoms with Crippen molar-refractivity contribution < 1.29 is 14.1 Å². The first kappa shape index (κ1) is 18.3. The molecule has 0 saturated heterocycles. The molecule has 0 radical (unpaired) electrons. The maximum Gasteiger partial charge on any atom is 0.349 e. The summed E-state index contributed by atoms with van der Waals surface area (Å²) in [5, 5.41) is 4.89. The number of thiophene rings is 1. The van der Waals surface area contributed by atoms with Gasteiger partial charge in [0.25, 0.3) is 11.4 Å². The standard InChI is InChI=1S/C18H13ClN4O4S/c1-9-13-16(20-8-23(2)17(13)24)28-14(9)18(25)26-7-12-21-15(22-27-12)10-3-5-11(19)6-4-10/h3-6,8H,7H2,1-2H3. The van der Waals surface area contributed by atoms with Gasteiger partial charge in [-0.15, -0.1) is 11.3 Å². The molecule has 1 aromatic carbocycles. The summed E-state index contributed by atoms with van der Waals surface area (Å²) in [4.78, 5) is 33.9. The number of carbonyl (C=O) groups excluding carboxylic acids is 1. The molecule has 4 aromatic rings. The molecule has 8 nitrogen and oxygen atoms in total. The molecule has 0 aliphatic rings. The van der Waals surface area contributed by atoms with Crippen molar-refractivity contribution in [3.05, 3.63) is 62.3 Å². The number of nitrogens with zero attached hydrogens (tertiary/aromatic N) is 4. The van der Waals surface area contributed by atoms with Gasteiger partial charge in [-0.3, -0.25) is 4.79 Å². The lowest BCUT2D eigenvalue weighted by atomic mass is 10.2. The smallest absolute Gasteiger partial charge is 0.349 e. The molecule has 0 atom stereocenters. The largest absolute Gasteiger partial charge is 0.451 e. The quantitative estimate of drug-likeness (QED) is 0.470. The average molecular weight is 417 g/mol. The van der Waals surface area contributed by atoms with Crippen LogP contribution in [0.15, 0.2) is 39.9 Å². The maximum absolute atomic E-state index is 12.5. The molecule has 142 valence electrons. The Morgan fingerprint density at radius 1 is 1.32 bits per heavy atom. The third kappa shape index (κ3) is 3.30. The van der Waals surface area contributed by atoms with Gasteiger partial charge >= 0.3 is 5.97 Å². The zero-order chi connectivity index (χ0) is 19.8. The summed E-state index contributed by atoms with van der Waals surface area (Å²) in [6.45, 7) is 1.52. The number of esters is 1. The molecular formula is C18H13ClN4O4S. The van der Waals surface area contributed by atoms with Crippen LogP contribution in [0.3, 0.4) is 0 Å². The highest BCUT2D eigenvalue weighted by molar-refractivity contribution is 7.20. The van der Waals surface area contributed by atoms with Gasteiger partial charge in [0.05, 0.1) is 11.7 Å². The highest BCUT2D eigenvalue weighted by Gasteiger charge is 2.21. The van der Waals surface area contributed by atoms with Crippen LogP contribution in [0.5, 0.6) is 0 Å². The minimum atomic E-state index is -0.575. The second-order valence-electron chi connectivity index (χ2n) is 5.99. The fraction of sp³-hybridized carbons (Fsp3) is 0.167. The molecule has 10 heteroatoms. The molecule has 0 amide bonds. The van der Waals surface area contributed by atoms with Crippen LogP contribution in [-0.2, 0) is 18.4 Å². The van der Waals surface area contributed by atoms with Gasteiger partial charge in [0.1, 0.15) is 9.71 Å². The summed E-state index contributed by atoms with van der Waals surface area (Å²) in [6, 6.07) is 6.96. The Bertz CT molecular complexity index is 1240. The molecule has 0 fully saturated rings. The highest BCUT2D eigenvalue weighted by Crippen LogP contribution is 2.27. The van der Waals surface area contributed by atoms with E-state index in [1.165, 1.54) is 10.9 Å². The van der Waals surface area contributed by atoms with Crippen molar-refractivity contribution in [3.63, 3.8) is 0 Å². The molecule has 0 aliphatic carbocycles. The summed E-state index contributed by atoms with van der Waals surface area (Å²) < 4.78 is 11.8. The molecule has 0 unspecified atom stereocenters. The minimum Gasteiger partial charge on any atom is -0.451 e. The SMILES string of the molecule is Cc1c(C(=O)OCc2nc(-c3ccc(Cl)cc3)no2)sc2ncn(C)c(=O)c12. The number of ether oxygens (including phenoxy) is 1. The summed E-state index contributed by atoms with van der Waals surface area (Å²) in [6.07, 6.45) is 1.42. The average Bonchev–Trinajstić information content (AvgIpc) is 3.29. The third-order valence-electron chi connectivity index (χ3n) is 4.09. The molecule has 3 aromatic heterocycles.